The molecule has 1 aliphatic heterocycles. The Balaban J connectivity index is 2.37. The fourth-order valence-corrected chi connectivity index (χ4v) is 5.99. The van der Waals surface area contributed by atoms with Crippen molar-refractivity contribution in [3.63, 3.8) is 0 Å². The van der Waals surface area contributed by atoms with Crippen molar-refractivity contribution in [1.82, 2.24) is 20.9 Å². The van der Waals surface area contributed by atoms with Gasteiger partial charge in [-0.1, -0.05) is 73.3 Å². The molecule has 0 spiro atoms. The van der Waals surface area contributed by atoms with E-state index in [0.717, 1.165) is 32.1 Å². The van der Waals surface area contributed by atoms with E-state index in [2.05, 4.69) is 22.5 Å². The number of ether oxygens (including phenoxy) is 1. The van der Waals surface area contributed by atoms with E-state index >= 15 is 0 Å². The van der Waals surface area contributed by atoms with Crippen LogP contribution in [0.15, 0.2) is 12.7 Å². The summed E-state index contributed by atoms with van der Waals surface area (Å²) in [6, 6.07) is -2.67. The summed E-state index contributed by atoms with van der Waals surface area (Å²) in [5.74, 6) is -2.39. The van der Waals surface area contributed by atoms with Gasteiger partial charge in [0.2, 0.25) is 17.6 Å². The van der Waals surface area contributed by atoms with Crippen molar-refractivity contribution in [2.24, 2.45) is 23.2 Å². The van der Waals surface area contributed by atoms with Crippen molar-refractivity contribution < 1.29 is 28.7 Å². The summed E-state index contributed by atoms with van der Waals surface area (Å²) >= 11 is 0. The monoisotopic (exact) mass is 590 g/mol. The van der Waals surface area contributed by atoms with Crippen LogP contribution >= 0.6 is 0 Å². The SMILES string of the molecule is C=CCNC(=O)C(=O)C(CCC)NC(=O)[C@@H]1C(C(C)(C)C)CCN1C(=O)[C@@H](NC(=O)OC(C)C(C)C)C1CCCCC1. The number of hydrogen-bond acceptors (Lipinski definition) is 6. The zero-order chi connectivity index (χ0) is 31.6. The highest BCUT2D eigenvalue weighted by molar-refractivity contribution is 6.38. The Hall–Kier alpha value is -2.91. The Kier molecular flexibility index (Phi) is 13.5. The lowest BCUT2D eigenvalue weighted by molar-refractivity contribution is -0.145. The molecule has 2 aliphatic rings. The quantitative estimate of drug-likeness (QED) is 0.218. The summed E-state index contributed by atoms with van der Waals surface area (Å²) in [5, 5.41) is 8.19. The Morgan fingerprint density at radius 3 is 2.19 bits per heavy atom. The minimum atomic E-state index is -1.01. The number of carbonyl (C=O) groups is 5. The highest BCUT2D eigenvalue weighted by atomic mass is 16.6. The van der Waals surface area contributed by atoms with Gasteiger partial charge in [-0.2, -0.15) is 0 Å². The minimum absolute atomic E-state index is 0.0615. The molecule has 2 fully saturated rings. The molecule has 10 heteroatoms. The number of ketones is 1. The Morgan fingerprint density at radius 1 is 1.00 bits per heavy atom. The van der Waals surface area contributed by atoms with E-state index in [-0.39, 0.29) is 41.7 Å². The summed E-state index contributed by atoms with van der Waals surface area (Å²) < 4.78 is 5.57. The fraction of sp³-hybridized carbons (Fsp3) is 0.781. The second-order valence-corrected chi connectivity index (χ2v) is 13.3. The number of hydrogen-bond donors (Lipinski definition) is 3. The van der Waals surface area contributed by atoms with Crippen molar-refractivity contribution >= 4 is 29.6 Å². The van der Waals surface area contributed by atoms with Crippen LogP contribution in [0.1, 0.15) is 99.8 Å². The molecule has 2 rings (SSSR count). The third kappa shape index (κ3) is 9.56. The number of likely N-dealkylation sites (tertiary alicyclic amines) is 1. The van der Waals surface area contributed by atoms with Crippen molar-refractivity contribution in [1.29, 1.82) is 0 Å². The van der Waals surface area contributed by atoms with Crippen LogP contribution in [0.25, 0.3) is 0 Å². The first-order valence-corrected chi connectivity index (χ1v) is 15.7. The molecule has 1 heterocycles. The molecule has 238 valence electrons. The van der Waals surface area contributed by atoms with Crippen LogP contribution < -0.4 is 16.0 Å². The summed E-state index contributed by atoms with van der Waals surface area (Å²) in [6.07, 6.45) is 6.62. The largest absolute Gasteiger partial charge is 0.446 e. The van der Waals surface area contributed by atoms with Crippen LogP contribution in [-0.4, -0.2) is 71.8 Å². The van der Waals surface area contributed by atoms with E-state index in [1.807, 2.05) is 48.5 Å². The van der Waals surface area contributed by atoms with Gasteiger partial charge in [-0.25, -0.2) is 4.79 Å². The van der Waals surface area contributed by atoms with Crippen LogP contribution in [0.2, 0.25) is 0 Å². The fourth-order valence-electron chi connectivity index (χ4n) is 5.99. The van der Waals surface area contributed by atoms with Crippen LogP contribution in [0.3, 0.4) is 0 Å². The highest BCUT2D eigenvalue weighted by Gasteiger charge is 2.49. The minimum Gasteiger partial charge on any atom is -0.446 e. The number of rotatable bonds is 13. The van der Waals surface area contributed by atoms with Gasteiger partial charge in [0.1, 0.15) is 18.2 Å². The molecule has 1 saturated carbocycles. The third-order valence-electron chi connectivity index (χ3n) is 8.80. The van der Waals surface area contributed by atoms with Gasteiger partial charge >= 0.3 is 6.09 Å². The third-order valence-corrected chi connectivity index (χ3v) is 8.80. The molecule has 1 aliphatic carbocycles. The average Bonchev–Trinajstić information content (AvgIpc) is 3.40. The van der Waals surface area contributed by atoms with Gasteiger partial charge in [0, 0.05) is 13.1 Å². The summed E-state index contributed by atoms with van der Waals surface area (Å²) in [4.78, 5) is 68.2. The first-order chi connectivity index (χ1) is 19.7. The van der Waals surface area contributed by atoms with E-state index in [1.165, 1.54) is 6.08 Å². The maximum Gasteiger partial charge on any atom is 0.408 e. The van der Waals surface area contributed by atoms with Crippen LogP contribution in [-0.2, 0) is 23.9 Å². The summed E-state index contributed by atoms with van der Waals surface area (Å²) in [6.45, 7) is 17.8. The maximum atomic E-state index is 14.3. The molecule has 0 radical (unpaired) electrons. The molecule has 0 aromatic rings. The zero-order valence-corrected chi connectivity index (χ0v) is 26.8. The Labute approximate surface area is 252 Å². The smallest absolute Gasteiger partial charge is 0.408 e. The molecule has 42 heavy (non-hydrogen) atoms. The molecule has 0 bridgehead atoms. The number of alkyl carbamates (subject to hydrolysis) is 1. The normalized spacial score (nSPS) is 21.7. The lowest BCUT2D eigenvalue weighted by Gasteiger charge is -2.38. The van der Waals surface area contributed by atoms with Gasteiger partial charge in [-0.3, -0.25) is 19.2 Å². The number of nitrogens with zero attached hydrogens (tertiary/aromatic N) is 1. The lowest BCUT2D eigenvalue weighted by atomic mass is 9.75. The molecule has 0 aromatic carbocycles. The predicted molar refractivity (Wildman–Crippen MR) is 162 cm³/mol. The van der Waals surface area contributed by atoms with E-state index in [1.54, 1.807) is 4.90 Å². The lowest BCUT2D eigenvalue weighted by Crippen LogP contribution is -2.59. The van der Waals surface area contributed by atoms with Gasteiger partial charge in [0.25, 0.3) is 5.91 Å². The van der Waals surface area contributed by atoms with E-state index < -0.39 is 41.8 Å². The summed E-state index contributed by atoms with van der Waals surface area (Å²) in [5.41, 5.74) is -0.317. The van der Waals surface area contributed by atoms with E-state index in [4.69, 9.17) is 4.74 Å². The molecular weight excluding hydrogens is 536 g/mol. The molecule has 3 unspecified atom stereocenters. The number of nitrogens with one attached hydrogen (secondary N) is 3. The summed E-state index contributed by atoms with van der Waals surface area (Å²) in [7, 11) is 0. The maximum absolute atomic E-state index is 14.3. The average molecular weight is 591 g/mol. The zero-order valence-electron chi connectivity index (χ0n) is 26.8. The number of Topliss-reactive ketones (excluding diaryl/α,β-unsaturated/α-hetero) is 1. The highest BCUT2D eigenvalue weighted by Crippen LogP contribution is 2.40. The van der Waals surface area contributed by atoms with Crippen LogP contribution in [0.5, 0.6) is 0 Å². The van der Waals surface area contributed by atoms with Crippen molar-refractivity contribution in [2.45, 2.75) is 124 Å². The standard InChI is InChI=1S/C32H54N4O6/c1-9-14-24(27(37)29(39)33-18-10-2)34-28(38)26-23(32(6,7)8)17-19-36(26)30(40)25(22-15-12-11-13-16-22)35-31(41)42-21(5)20(3)4/h10,20-26H,2,9,11-19H2,1,3-8H3,(H,33,39)(H,34,38)(H,35,41)/t21?,23?,24?,25-,26-/m0/s1. The van der Waals surface area contributed by atoms with Gasteiger partial charge < -0.3 is 25.6 Å². The number of amides is 4. The molecule has 5 atom stereocenters. The first kappa shape index (κ1) is 35.3. The van der Waals surface area contributed by atoms with Gasteiger partial charge in [0.05, 0.1) is 6.04 Å². The molecule has 10 nitrogen and oxygen atoms in total. The van der Waals surface area contributed by atoms with Crippen molar-refractivity contribution in [3.05, 3.63) is 12.7 Å². The second kappa shape index (κ2) is 16.1. The molecule has 3 N–H and O–H groups in total. The van der Waals surface area contributed by atoms with Crippen molar-refractivity contribution in [3.8, 4) is 0 Å². The van der Waals surface area contributed by atoms with Gasteiger partial charge in [-0.05, 0) is 55.8 Å². The topological polar surface area (TPSA) is 134 Å². The van der Waals surface area contributed by atoms with Gasteiger partial charge in [0.15, 0.2) is 0 Å². The molecular formula is C32H54N4O6. The molecule has 0 aromatic heterocycles. The van der Waals surface area contributed by atoms with Gasteiger partial charge in [-0.15, -0.1) is 6.58 Å². The number of carbonyl (C=O) groups excluding carboxylic acids is 5. The van der Waals surface area contributed by atoms with Crippen LogP contribution in [0, 0.1) is 23.2 Å². The molecule has 1 saturated heterocycles. The van der Waals surface area contributed by atoms with Crippen molar-refractivity contribution in [2.75, 3.05) is 13.1 Å². The predicted octanol–water partition coefficient (Wildman–Crippen LogP) is 4.13. The first-order valence-electron chi connectivity index (χ1n) is 15.7. The van der Waals surface area contributed by atoms with E-state index in [0.29, 0.717) is 25.8 Å². The molecule has 4 amide bonds. The van der Waals surface area contributed by atoms with E-state index in [9.17, 15) is 24.0 Å². The Bertz CT molecular complexity index is 969. The second-order valence-electron chi connectivity index (χ2n) is 13.3. The Morgan fingerprint density at radius 2 is 1.64 bits per heavy atom. The van der Waals surface area contributed by atoms with Crippen LogP contribution in [0.4, 0.5) is 4.79 Å².